The molecule has 0 atom stereocenters. The van der Waals surface area contributed by atoms with Gasteiger partial charge < -0.3 is 10.2 Å². The Bertz CT molecular complexity index is 467. The van der Waals surface area contributed by atoms with Gasteiger partial charge in [0.2, 0.25) is 0 Å². The van der Waals surface area contributed by atoms with Crippen LogP contribution in [0.2, 0.25) is 5.02 Å². The molecule has 0 bridgehead atoms. The second-order valence-corrected chi connectivity index (χ2v) is 6.74. The summed E-state index contributed by atoms with van der Waals surface area (Å²) in [6, 6.07) is 5.44. The van der Waals surface area contributed by atoms with Crippen molar-refractivity contribution in [1.29, 1.82) is 0 Å². The number of rotatable bonds is 6. The summed E-state index contributed by atoms with van der Waals surface area (Å²) in [5, 5.41) is 4.30. The van der Waals surface area contributed by atoms with Crippen LogP contribution in [0.3, 0.4) is 0 Å². The van der Waals surface area contributed by atoms with E-state index in [-0.39, 0.29) is 0 Å². The number of aromatic nitrogens is 1. The summed E-state index contributed by atoms with van der Waals surface area (Å²) in [5.41, 5.74) is 0.996. The van der Waals surface area contributed by atoms with Gasteiger partial charge in [0.15, 0.2) is 0 Å². The van der Waals surface area contributed by atoms with Gasteiger partial charge in [0.25, 0.3) is 0 Å². The number of halogens is 1. The van der Waals surface area contributed by atoms with Crippen LogP contribution in [0.1, 0.15) is 57.6 Å². The van der Waals surface area contributed by atoms with E-state index in [4.69, 9.17) is 16.6 Å². The third kappa shape index (κ3) is 3.89. The van der Waals surface area contributed by atoms with E-state index in [1.807, 2.05) is 6.07 Å². The molecule has 1 aromatic rings. The number of hydrogen-bond acceptors (Lipinski definition) is 3. The standard InChI is InChI=1S/C17H26ClN3/c1-2-21(14-6-4-3-5-7-14)17-11-10-15(18)16(20-17)12-19-13-8-9-13/h10-11,13-14,19H,2-9,12H2,1H3. The number of hydrogen-bond donors (Lipinski definition) is 1. The van der Waals surface area contributed by atoms with Gasteiger partial charge in [-0.05, 0) is 44.7 Å². The average molecular weight is 308 g/mol. The summed E-state index contributed by atoms with van der Waals surface area (Å²) in [6.45, 7) is 4.04. The lowest BCUT2D eigenvalue weighted by Crippen LogP contribution is -2.37. The Kier molecular flexibility index (Phi) is 5.02. The first-order valence-corrected chi connectivity index (χ1v) is 8.81. The zero-order valence-electron chi connectivity index (χ0n) is 12.9. The molecule has 2 aliphatic carbocycles. The van der Waals surface area contributed by atoms with Crippen LogP contribution >= 0.6 is 11.6 Å². The van der Waals surface area contributed by atoms with Crippen molar-refractivity contribution in [2.45, 2.75) is 70.5 Å². The number of pyridine rings is 1. The molecule has 0 unspecified atom stereocenters. The molecule has 4 heteroatoms. The summed E-state index contributed by atoms with van der Waals surface area (Å²) in [6.07, 6.45) is 9.27. The first kappa shape index (κ1) is 15.1. The number of nitrogens with zero attached hydrogens (tertiary/aromatic N) is 2. The van der Waals surface area contributed by atoms with Crippen molar-refractivity contribution in [3.8, 4) is 0 Å². The molecule has 0 saturated heterocycles. The Labute approximate surface area is 133 Å². The van der Waals surface area contributed by atoms with E-state index in [2.05, 4.69) is 23.2 Å². The maximum Gasteiger partial charge on any atom is 0.129 e. The minimum Gasteiger partial charge on any atom is -0.354 e. The molecule has 2 saturated carbocycles. The predicted octanol–water partition coefficient (Wildman–Crippen LogP) is 4.15. The van der Waals surface area contributed by atoms with E-state index in [9.17, 15) is 0 Å². The fourth-order valence-corrected chi connectivity index (χ4v) is 3.46. The molecule has 0 aliphatic heterocycles. The highest BCUT2D eigenvalue weighted by Crippen LogP contribution is 2.28. The summed E-state index contributed by atoms with van der Waals surface area (Å²) in [4.78, 5) is 7.32. The zero-order valence-corrected chi connectivity index (χ0v) is 13.7. The van der Waals surface area contributed by atoms with Crippen LogP contribution < -0.4 is 10.2 Å². The minimum absolute atomic E-state index is 0.654. The van der Waals surface area contributed by atoms with Crippen molar-refractivity contribution in [3.63, 3.8) is 0 Å². The molecule has 1 heterocycles. The van der Waals surface area contributed by atoms with Gasteiger partial charge in [-0.15, -0.1) is 0 Å². The molecule has 3 rings (SSSR count). The number of anilines is 1. The van der Waals surface area contributed by atoms with E-state index in [0.717, 1.165) is 29.6 Å². The molecular formula is C17H26ClN3. The predicted molar refractivity (Wildman–Crippen MR) is 89.0 cm³/mol. The topological polar surface area (TPSA) is 28.2 Å². The molecule has 0 amide bonds. The molecule has 21 heavy (non-hydrogen) atoms. The first-order valence-electron chi connectivity index (χ1n) is 8.43. The first-order chi connectivity index (χ1) is 10.3. The van der Waals surface area contributed by atoms with Crippen molar-refractivity contribution in [3.05, 3.63) is 22.8 Å². The fraction of sp³-hybridized carbons (Fsp3) is 0.706. The quantitative estimate of drug-likeness (QED) is 0.856. The SMILES string of the molecule is CCN(c1ccc(Cl)c(CNC2CC2)n1)C1CCCCC1. The van der Waals surface area contributed by atoms with E-state index in [0.29, 0.717) is 12.1 Å². The van der Waals surface area contributed by atoms with E-state index >= 15 is 0 Å². The Hall–Kier alpha value is -0.800. The Balaban J connectivity index is 1.73. The highest BCUT2D eigenvalue weighted by Gasteiger charge is 2.23. The molecule has 1 aromatic heterocycles. The lowest BCUT2D eigenvalue weighted by Gasteiger charge is -2.34. The summed E-state index contributed by atoms with van der Waals surface area (Å²) in [5.74, 6) is 1.10. The molecule has 0 aromatic carbocycles. The third-order valence-corrected chi connectivity index (χ3v) is 5.03. The molecule has 0 spiro atoms. The molecule has 116 valence electrons. The van der Waals surface area contributed by atoms with Gasteiger partial charge in [0, 0.05) is 25.2 Å². The second kappa shape index (κ2) is 6.97. The van der Waals surface area contributed by atoms with Crippen LogP contribution in [0.5, 0.6) is 0 Å². The van der Waals surface area contributed by atoms with Crippen molar-refractivity contribution < 1.29 is 0 Å². The van der Waals surface area contributed by atoms with Gasteiger partial charge in [0.05, 0.1) is 10.7 Å². The average Bonchev–Trinajstić information content (AvgIpc) is 3.33. The normalized spacial score (nSPS) is 19.7. The highest BCUT2D eigenvalue weighted by molar-refractivity contribution is 6.31. The Morgan fingerprint density at radius 2 is 1.95 bits per heavy atom. The molecule has 2 aliphatic rings. The lowest BCUT2D eigenvalue weighted by molar-refractivity contribution is 0.416. The Morgan fingerprint density at radius 3 is 2.62 bits per heavy atom. The van der Waals surface area contributed by atoms with E-state index < -0.39 is 0 Å². The van der Waals surface area contributed by atoms with Gasteiger partial charge in [0.1, 0.15) is 5.82 Å². The van der Waals surface area contributed by atoms with Gasteiger partial charge in [-0.25, -0.2) is 4.98 Å². The van der Waals surface area contributed by atoms with Crippen LogP contribution in [0.15, 0.2) is 12.1 Å². The van der Waals surface area contributed by atoms with Crippen LogP contribution in [0, 0.1) is 0 Å². The molecule has 0 radical (unpaired) electrons. The maximum atomic E-state index is 6.31. The van der Waals surface area contributed by atoms with Crippen LogP contribution in [0.4, 0.5) is 5.82 Å². The molecule has 1 N–H and O–H groups in total. The summed E-state index contributed by atoms with van der Waals surface area (Å²) >= 11 is 6.31. The van der Waals surface area contributed by atoms with E-state index in [1.54, 1.807) is 0 Å². The fourth-order valence-electron chi connectivity index (χ4n) is 3.29. The van der Waals surface area contributed by atoms with Crippen LogP contribution in [-0.4, -0.2) is 23.6 Å². The monoisotopic (exact) mass is 307 g/mol. The van der Waals surface area contributed by atoms with Gasteiger partial charge >= 0.3 is 0 Å². The van der Waals surface area contributed by atoms with Crippen LogP contribution in [0.25, 0.3) is 0 Å². The Morgan fingerprint density at radius 1 is 1.19 bits per heavy atom. The summed E-state index contributed by atoms with van der Waals surface area (Å²) < 4.78 is 0. The number of nitrogens with one attached hydrogen (secondary N) is 1. The minimum atomic E-state index is 0.654. The molecule has 3 nitrogen and oxygen atoms in total. The second-order valence-electron chi connectivity index (χ2n) is 6.33. The molecule has 2 fully saturated rings. The van der Waals surface area contributed by atoms with Crippen molar-refractivity contribution in [1.82, 2.24) is 10.3 Å². The maximum absolute atomic E-state index is 6.31. The smallest absolute Gasteiger partial charge is 0.129 e. The van der Waals surface area contributed by atoms with Crippen molar-refractivity contribution >= 4 is 17.4 Å². The van der Waals surface area contributed by atoms with Gasteiger partial charge in [-0.3, -0.25) is 0 Å². The largest absolute Gasteiger partial charge is 0.354 e. The van der Waals surface area contributed by atoms with Crippen molar-refractivity contribution in [2.24, 2.45) is 0 Å². The molecular weight excluding hydrogens is 282 g/mol. The summed E-state index contributed by atoms with van der Waals surface area (Å²) in [7, 11) is 0. The lowest BCUT2D eigenvalue weighted by atomic mass is 9.94. The zero-order chi connectivity index (χ0) is 14.7. The van der Waals surface area contributed by atoms with Crippen LogP contribution in [-0.2, 0) is 6.54 Å². The highest BCUT2D eigenvalue weighted by atomic mass is 35.5. The third-order valence-electron chi connectivity index (χ3n) is 4.69. The van der Waals surface area contributed by atoms with Gasteiger partial charge in [-0.1, -0.05) is 30.9 Å². The van der Waals surface area contributed by atoms with E-state index in [1.165, 1.54) is 44.9 Å². The van der Waals surface area contributed by atoms with Gasteiger partial charge in [-0.2, -0.15) is 0 Å². The van der Waals surface area contributed by atoms with Crippen molar-refractivity contribution in [2.75, 3.05) is 11.4 Å².